The zero-order valence-electron chi connectivity index (χ0n) is 15.1. The van der Waals surface area contributed by atoms with Crippen LogP contribution in [0.3, 0.4) is 0 Å². The molecule has 138 valence electrons. The summed E-state index contributed by atoms with van der Waals surface area (Å²) in [7, 11) is 4.52. The standard InChI is InChI=1S/C18H25NO6/c1-11(13-5-6-13)19-16(20)10-25-17(21)9-12-7-14(22-2)18(24-4)15(8-12)23-3/h7-8,11,13H,5-6,9-10H2,1-4H3,(H,19,20)/t11-/m0/s1. The van der Waals surface area contributed by atoms with Gasteiger partial charge in [0.15, 0.2) is 18.1 Å². The molecule has 1 aromatic carbocycles. The van der Waals surface area contributed by atoms with E-state index in [9.17, 15) is 9.59 Å². The van der Waals surface area contributed by atoms with Crippen LogP contribution in [0.5, 0.6) is 17.2 Å². The first kappa shape index (κ1) is 18.9. The number of methoxy groups -OCH3 is 3. The SMILES string of the molecule is COc1cc(CC(=O)OCC(=O)N[C@@H](C)C2CC2)cc(OC)c1OC. The normalized spacial score (nSPS) is 14.4. The number of hydrogen-bond acceptors (Lipinski definition) is 6. The number of nitrogens with one attached hydrogen (secondary N) is 1. The van der Waals surface area contributed by atoms with Gasteiger partial charge in [-0.05, 0) is 43.4 Å². The third-order valence-electron chi connectivity index (χ3n) is 4.16. The predicted molar refractivity (Wildman–Crippen MR) is 91.1 cm³/mol. The van der Waals surface area contributed by atoms with Crippen LogP contribution in [0.15, 0.2) is 12.1 Å². The van der Waals surface area contributed by atoms with E-state index < -0.39 is 5.97 Å². The van der Waals surface area contributed by atoms with Crippen molar-refractivity contribution in [2.75, 3.05) is 27.9 Å². The van der Waals surface area contributed by atoms with Gasteiger partial charge in [0.05, 0.1) is 27.8 Å². The average Bonchev–Trinajstić information content (AvgIpc) is 3.44. The van der Waals surface area contributed by atoms with Crippen LogP contribution in [-0.4, -0.2) is 45.9 Å². The minimum Gasteiger partial charge on any atom is -0.493 e. The summed E-state index contributed by atoms with van der Waals surface area (Å²) in [6.45, 7) is 1.69. The maximum Gasteiger partial charge on any atom is 0.310 e. The lowest BCUT2D eigenvalue weighted by atomic mass is 10.1. The third-order valence-corrected chi connectivity index (χ3v) is 4.16. The lowest BCUT2D eigenvalue weighted by Crippen LogP contribution is -2.37. The van der Waals surface area contributed by atoms with Gasteiger partial charge in [0.25, 0.3) is 5.91 Å². The maximum atomic E-state index is 12.0. The van der Waals surface area contributed by atoms with Gasteiger partial charge in [-0.25, -0.2) is 0 Å². The molecule has 1 N–H and O–H groups in total. The summed E-state index contributed by atoms with van der Waals surface area (Å²) >= 11 is 0. The van der Waals surface area contributed by atoms with E-state index in [0.29, 0.717) is 28.7 Å². The van der Waals surface area contributed by atoms with Gasteiger partial charge in [-0.1, -0.05) is 0 Å². The molecule has 25 heavy (non-hydrogen) atoms. The monoisotopic (exact) mass is 351 g/mol. The molecule has 1 aliphatic rings. The predicted octanol–water partition coefficient (Wildman–Crippen LogP) is 1.71. The molecular weight excluding hydrogens is 326 g/mol. The summed E-state index contributed by atoms with van der Waals surface area (Å²) in [4.78, 5) is 23.8. The molecule has 1 atom stereocenters. The highest BCUT2D eigenvalue weighted by molar-refractivity contribution is 5.81. The van der Waals surface area contributed by atoms with Crippen molar-refractivity contribution >= 4 is 11.9 Å². The molecule has 0 aliphatic heterocycles. The molecule has 1 saturated carbocycles. The van der Waals surface area contributed by atoms with E-state index in [0.717, 1.165) is 12.8 Å². The molecule has 0 spiro atoms. The molecule has 7 heteroatoms. The fraction of sp³-hybridized carbons (Fsp3) is 0.556. The minimum atomic E-state index is -0.497. The first-order chi connectivity index (χ1) is 12.0. The molecule has 2 rings (SSSR count). The summed E-state index contributed by atoms with van der Waals surface area (Å²) in [6.07, 6.45) is 2.28. The van der Waals surface area contributed by atoms with Crippen LogP contribution in [0, 0.1) is 5.92 Å². The topological polar surface area (TPSA) is 83.1 Å². The molecule has 1 aliphatic carbocycles. The van der Waals surface area contributed by atoms with Crippen molar-refractivity contribution < 1.29 is 28.5 Å². The zero-order valence-corrected chi connectivity index (χ0v) is 15.1. The first-order valence-electron chi connectivity index (χ1n) is 8.22. The summed E-state index contributed by atoms with van der Waals surface area (Å²) in [5, 5.41) is 2.84. The summed E-state index contributed by atoms with van der Waals surface area (Å²) < 4.78 is 20.8. The second kappa shape index (κ2) is 8.60. The highest BCUT2D eigenvalue weighted by Gasteiger charge is 2.29. The summed E-state index contributed by atoms with van der Waals surface area (Å²) in [5.41, 5.74) is 0.645. The number of esters is 1. The smallest absolute Gasteiger partial charge is 0.310 e. The van der Waals surface area contributed by atoms with Crippen molar-refractivity contribution in [2.24, 2.45) is 5.92 Å². The van der Waals surface area contributed by atoms with E-state index in [1.165, 1.54) is 21.3 Å². The van der Waals surface area contributed by atoms with Crippen LogP contribution in [0.2, 0.25) is 0 Å². The van der Waals surface area contributed by atoms with E-state index in [-0.39, 0.29) is 25.0 Å². The van der Waals surface area contributed by atoms with Crippen LogP contribution < -0.4 is 19.5 Å². The van der Waals surface area contributed by atoms with Crippen LogP contribution in [0.4, 0.5) is 0 Å². The second-order valence-electron chi connectivity index (χ2n) is 6.06. The Kier molecular flexibility index (Phi) is 6.50. The van der Waals surface area contributed by atoms with Crippen molar-refractivity contribution in [1.29, 1.82) is 0 Å². The van der Waals surface area contributed by atoms with E-state index in [4.69, 9.17) is 18.9 Å². The summed E-state index contributed by atoms with van der Waals surface area (Å²) in [6, 6.07) is 3.48. The third kappa shape index (κ3) is 5.27. The molecule has 1 aromatic rings. The van der Waals surface area contributed by atoms with Crippen molar-refractivity contribution in [3.05, 3.63) is 17.7 Å². The molecule has 0 aromatic heterocycles. The first-order valence-corrected chi connectivity index (χ1v) is 8.22. The highest BCUT2D eigenvalue weighted by atomic mass is 16.5. The number of carbonyl (C=O) groups is 2. The van der Waals surface area contributed by atoms with E-state index in [2.05, 4.69) is 5.32 Å². The molecule has 0 saturated heterocycles. The van der Waals surface area contributed by atoms with Gasteiger partial charge in [-0.2, -0.15) is 0 Å². The van der Waals surface area contributed by atoms with Crippen molar-refractivity contribution in [2.45, 2.75) is 32.2 Å². The van der Waals surface area contributed by atoms with Gasteiger partial charge in [-0.15, -0.1) is 0 Å². The highest BCUT2D eigenvalue weighted by Crippen LogP contribution is 2.38. The fourth-order valence-corrected chi connectivity index (χ4v) is 2.61. The molecule has 0 heterocycles. The van der Waals surface area contributed by atoms with Crippen LogP contribution >= 0.6 is 0 Å². The van der Waals surface area contributed by atoms with Crippen LogP contribution in [0.1, 0.15) is 25.3 Å². The van der Waals surface area contributed by atoms with Gasteiger partial charge >= 0.3 is 5.97 Å². The van der Waals surface area contributed by atoms with Crippen LogP contribution in [-0.2, 0) is 20.7 Å². The van der Waals surface area contributed by atoms with Crippen LogP contribution in [0.25, 0.3) is 0 Å². The lowest BCUT2D eigenvalue weighted by molar-refractivity contribution is -0.148. The quantitative estimate of drug-likeness (QED) is 0.682. The van der Waals surface area contributed by atoms with Crippen molar-refractivity contribution in [3.63, 3.8) is 0 Å². The Hall–Kier alpha value is -2.44. The Morgan fingerprint density at radius 1 is 1.12 bits per heavy atom. The zero-order chi connectivity index (χ0) is 18.4. The van der Waals surface area contributed by atoms with Crippen molar-refractivity contribution in [3.8, 4) is 17.2 Å². The second-order valence-corrected chi connectivity index (χ2v) is 6.06. The van der Waals surface area contributed by atoms with Gasteiger partial charge in [-0.3, -0.25) is 9.59 Å². The molecular formula is C18H25NO6. The fourth-order valence-electron chi connectivity index (χ4n) is 2.61. The van der Waals surface area contributed by atoms with E-state index in [1.54, 1.807) is 12.1 Å². The van der Waals surface area contributed by atoms with Gasteiger partial charge in [0.1, 0.15) is 0 Å². The Morgan fingerprint density at radius 3 is 2.20 bits per heavy atom. The van der Waals surface area contributed by atoms with E-state index >= 15 is 0 Å². The lowest BCUT2D eigenvalue weighted by Gasteiger charge is -2.14. The molecule has 1 fully saturated rings. The molecule has 7 nitrogen and oxygen atoms in total. The number of carbonyl (C=O) groups excluding carboxylic acids is 2. The molecule has 1 amide bonds. The number of ether oxygens (including phenoxy) is 4. The number of amides is 1. The Labute approximate surface area is 147 Å². The number of benzene rings is 1. The average molecular weight is 351 g/mol. The Morgan fingerprint density at radius 2 is 1.72 bits per heavy atom. The van der Waals surface area contributed by atoms with Gasteiger partial charge < -0.3 is 24.3 Å². The van der Waals surface area contributed by atoms with Gasteiger partial charge in [0.2, 0.25) is 5.75 Å². The largest absolute Gasteiger partial charge is 0.493 e. The van der Waals surface area contributed by atoms with Crippen molar-refractivity contribution in [1.82, 2.24) is 5.32 Å². The maximum absolute atomic E-state index is 12.0. The Bertz CT molecular complexity index is 601. The van der Waals surface area contributed by atoms with Gasteiger partial charge in [0, 0.05) is 6.04 Å². The summed E-state index contributed by atoms with van der Waals surface area (Å²) in [5.74, 6) is 1.15. The molecule has 0 unspecified atom stereocenters. The Balaban J connectivity index is 1.90. The minimum absolute atomic E-state index is 0.00216. The van der Waals surface area contributed by atoms with E-state index in [1.807, 2.05) is 6.92 Å². The number of hydrogen-bond donors (Lipinski definition) is 1. The number of rotatable bonds is 9. The molecule has 0 bridgehead atoms. The molecule has 0 radical (unpaired) electrons.